The molecule has 10 nitrogen and oxygen atoms in total. The minimum atomic E-state index is -3.10. The SMILES string of the molecule is CCOc1cc(C(Cc2c(Cl)c[n+]([O-])cc2Cl)OC(=O)c2ccc(CN(C(=O)O[C@H]3CN4CCC3CC4)c3ccccc3F)cc2)ccc1OC(F)F. The van der Waals surface area contributed by atoms with Crippen LogP contribution in [0, 0.1) is 16.9 Å². The highest BCUT2D eigenvalue weighted by Crippen LogP contribution is 2.37. The number of para-hydroxylation sites is 1. The molecule has 53 heavy (non-hydrogen) atoms. The van der Waals surface area contributed by atoms with Crippen molar-refractivity contribution in [2.24, 2.45) is 5.92 Å². The van der Waals surface area contributed by atoms with E-state index >= 15 is 4.39 Å². The molecule has 1 unspecified atom stereocenters. The van der Waals surface area contributed by atoms with Crippen LogP contribution in [0.1, 0.15) is 52.9 Å². The number of aromatic nitrogens is 1. The molecule has 2 atom stereocenters. The largest absolute Gasteiger partial charge is 0.619 e. The van der Waals surface area contributed by atoms with E-state index in [0.717, 1.165) is 38.3 Å². The van der Waals surface area contributed by atoms with Crippen LogP contribution in [0.2, 0.25) is 10.0 Å². The van der Waals surface area contributed by atoms with Crippen molar-refractivity contribution in [1.82, 2.24) is 4.90 Å². The van der Waals surface area contributed by atoms with Crippen molar-refractivity contribution in [3.05, 3.63) is 122 Å². The van der Waals surface area contributed by atoms with Gasteiger partial charge in [-0.25, -0.2) is 14.0 Å². The summed E-state index contributed by atoms with van der Waals surface area (Å²) >= 11 is 12.7. The predicted molar refractivity (Wildman–Crippen MR) is 190 cm³/mol. The lowest BCUT2D eigenvalue weighted by Gasteiger charge is -2.44. The van der Waals surface area contributed by atoms with Crippen LogP contribution >= 0.6 is 23.2 Å². The molecule has 2 bridgehead atoms. The van der Waals surface area contributed by atoms with Gasteiger partial charge >= 0.3 is 18.7 Å². The number of halogens is 5. The Kier molecular flexibility index (Phi) is 12.2. The van der Waals surface area contributed by atoms with Crippen LogP contribution in [0.4, 0.5) is 23.7 Å². The third-order valence-corrected chi connectivity index (χ3v) is 9.95. The van der Waals surface area contributed by atoms with E-state index in [9.17, 15) is 23.6 Å². The van der Waals surface area contributed by atoms with E-state index in [1.165, 1.54) is 53.4 Å². The number of anilines is 1. The first-order valence-electron chi connectivity index (χ1n) is 17.0. The molecular weight excluding hydrogens is 738 g/mol. The quantitative estimate of drug-likeness (QED) is 0.0762. The number of amides is 1. The normalized spacial score (nSPS) is 18.4. The van der Waals surface area contributed by atoms with Crippen LogP contribution in [0.25, 0.3) is 0 Å². The maximum atomic E-state index is 15.0. The van der Waals surface area contributed by atoms with E-state index in [0.29, 0.717) is 28.0 Å². The summed E-state index contributed by atoms with van der Waals surface area (Å²) in [5.41, 5.74) is 1.42. The highest BCUT2D eigenvalue weighted by Gasteiger charge is 2.38. The number of hydrogen-bond donors (Lipinski definition) is 0. The molecule has 3 aromatic carbocycles. The van der Waals surface area contributed by atoms with Gasteiger partial charge in [0.2, 0.25) is 0 Å². The highest BCUT2D eigenvalue weighted by atomic mass is 35.5. The van der Waals surface area contributed by atoms with Crippen molar-refractivity contribution < 1.29 is 46.4 Å². The van der Waals surface area contributed by atoms with E-state index in [-0.39, 0.29) is 64.4 Å². The number of nitrogens with zero attached hydrogens (tertiary/aromatic N) is 3. The van der Waals surface area contributed by atoms with Gasteiger partial charge in [0.05, 0.1) is 24.4 Å². The number of hydrogen-bond acceptors (Lipinski definition) is 8. The van der Waals surface area contributed by atoms with Crippen LogP contribution in [0.3, 0.4) is 0 Å². The zero-order chi connectivity index (χ0) is 37.6. The standard InChI is InChI=1S/C38H36Cl2F3N3O7/c1-2-50-34-17-26(11-12-32(34)52-37(42)43)33(18-27-28(39)20-45(49)21-29(27)40)51-36(47)25-9-7-23(8-10-25)19-46(31-6-4-3-5-30(31)41)38(48)53-35-22-44-15-13-24(35)14-16-44/h3-12,17,20-21,24,33,35,37H,2,13-16,18-19,22H2,1H3/t33?,35-/m0/s1. The molecule has 4 heterocycles. The molecule has 0 N–H and O–H groups in total. The Morgan fingerprint density at radius 1 is 1.00 bits per heavy atom. The Morgan fingerprint density at radius 2 is 1.70 bits per heavy atom. The van der Waals surface area contributed by atoms with Gasteiger partial charge in [0.15, 0.2) is 23.9 Å². The number of piperidine rings is 3. The second-order valence-electron chi connectivity index (χ2n) is 12.7. The summed E-state index contributed by atoms with van der Waals surface area (Å²) < 4.78 is 63.7. The number of ether oxygens (including phenoxy) is 4. The van der Waals surface area contributed by atoms with Crippen LogP contribution in [-0.4, -0.2) is 55.9 Å². The number of esters is 1. The van der Waals surface area contributed by atoms with E-state index in [1.807, 2.05) is 0 Å². The third kappa shape index (κ3) is 9.27. The van der Waals surface area contributed by atoms with E-state index in [1.54, 1.807) is 25.1 Å². The van der Waals surface area contributed by atoms with E-state index in [2.05, 4.69) is 9.64 Å². The molecule has 15 heteroatoms. The first-order valence-corrected chi connectivity index (χ1v) is 17.8. The molecule has 3 fully saturated rings. The van der Waals surface area contributed by atoms with Crippen LogP contribution < -0.4 is 19.1 Å². The van der Waals surface area contributed by atoms with Crippen LogP contribution in [0.15, 0.2) is 79.1 Å². The van der Waals surface area contributed by atoms with Gasteiger partial charge in [0.25, 0.3) is 0 Å². The molecule has 1 amide bonds. The fourth-order valence-electron chi connectivity index (χ4n) is 6.61. The van der Waals surface area contributed by atoms with Crippen molar-refractivity contribution in [3.8, 4) is 11.5 Å². The Balaban J connectivity index is 1.23. The monoisotopic (exact) mass is 773 g/mol. The third-order valence-electron chi connectivity index (χ3n) is 9.29. The van der Waals surface area contributed by atoms with Gasteiger partial charge in [-0.05, 0) is 86.3 Å². The Hall–Kier alpha value is -4.72. The molecule has 7 rings (SSSR count). The number of carbonyl (C=O) groups excluding carboxylic acids is 2. The molecule has 0 saturated carbocycles. The smallest absolute Gasteiger partial charge is 0.415 e. The van der Waals surface area contributed by atoms with Gasteiger partial charge in [-0.3, -0.25) is 9.80 Å². The average molecular weight is 775 g/mol. The first kappa shape index (κ1) is 38.0. The molecule has 3 aliphatic heterocycles. The van der Waals surface area contributed by atoms with Gasteiger partial charge in [0, 0.05) is 18.5 Å². The first-order chi connectivity index (χ1) is 25.5. The van der Waals surface area contributed by atoms with Crippen molar-refractivity contribution >= 4 is 41.0 Å². The van der Waals surface area contributed by atoms with Gasteiger partial charge in [-0.2, -0.15) is 13.5 Å². The van der Waals surface area contributed by atoms with E-state index in [4.69, 9.17) is 37.4 Å². The van der Waals surface area contributed by atoms with Gasteiger partial charge in [0.1, 0.15) is 28.1 Å². The summed E-state index contributed by atoms with van der Waals surface area (Å²) in [4.78, 5) is 30.7. The molecule has 0 radical (unpaired) electrons. The van der Waals surface area contributed by atoms with Crippen molar-refractivity contribution in [2.45, 2.75) is 51.6 Å². The fourth-order valence-corrected chi connectivity index (χ4v) is 7.21. The second kappa shape index (κ2) is 17.0. The van der Waals surface area contributed by atoms with Crippen LogP contribution in [0.5, 0.6) is 11.5 Å². The Bertz CT molecular complexity index is 1910. The Labute approximate surface area is 314 Å². The summed E-state index contributed by atoms with van der Waals surface area (Å²) in [6.07, 6.45) is 1.94. The van der Waals surface area contributed by atoms with Crippen molar-refractivity contribution in [2.75, 3.05) is 31.1 Å². The summed E-state index contributed by atoms with van der Waals surface area (Å²) in [7, 11) is 0. The predicted octanol–water partition coefficient (Wildman–Crippen LogP) is 8.14. The van der Waals surface area contributed by atoms with Crippen molar-refractivity contribution in [1.29, 1.82) is 0 Å². The molecule has 280 valence electrons. The van der Waals surface area contributed by atoms with Gasteiger partial charge < -0.3 is 24.2 Å². The summed E-state index contributed by atoms with van der Waals surface area (Å²) in [6.45, 7) is 1.23. The minimum Gasteiger partial charge on any atom is -0.619 e. The number of rotatable bonds is 13. The number of benzene rings is 3. The topological polar surface area (TPSA) is 104 Å². The molecular formula is C38H36Cl2F3N3O7. The zero-order valence-corrected chi connectivity index (χ0v) is 30.1. The summed E-state index contributed by atoms with van der Waals surface area (Å²) in [5.74, 6) is -1.32. The zero-order valence-electron chi connectivity index (χ0n) is 28.6. The number of carbonyl (C=O) groups is 2. The van der Waals surface area contributed by atoms with Gasteiger partial charge in [-0.1, -0.05) is 53.5 Å². The number of alkyl halides is 2. The summed E-state index contributed by atoms with van der Waals surface area (Å²) in [5, 5.41) is 11.9. The molecule has 3 saturated heterocycles. The van der Waals surface area contributed by atoms with E-state index < -0.39 is 30.6 Å². The molecule has 4 aromatic rings. The lowest BCUT2D eigenvalue weighted by Crippen LogP contribution is -2.53. The number of pyridine rings is 1. The van der Waals surface area contributed by atoms with Crippen LogP contribution in [-0.2, 0) is 22.4 Å². The molecule has 0 spiro atoms. The minimum absolute atomic E-state index is 0.00945. The maximum absolute atomic E-state index is 15.0. The summed E-state index contributed by atoms with van der Waals surface area (Å²) in [6, 6.07) is 16.3. The van der Waals surface area contributed by atoms with Crippen molar-refractivity contribution in [3.63, 3.8) is 0 Å². The highest BCUT2D eigenvalue weighted by molar-refractivity contribution is 6.35. The lowest BCUT2D eigenvalue weighted by molar-refractivity contribution is -0.605. The molecule has 0 aliphatic carbocycles. The maximum Gasteiger partial charge on any atom is 0.415 e. The second-order valence-corrected chi connectivity index (χ2v) is 13.5. The molecule has 3 aliphatic rings. The molecule has 1 aromatic heterocycles. The lowest BCUT2D eigenvalue weighted by atomic mass is 9.86. The average Bonchev–Trinajstić information content (AvgIpc) is 3.13. The van der Waals surface area contributed by atoms with Gasteiger partial charge in [-0.15, -0.1) is 0 Å². The number of fused-ring (bicyclic) bond motifs is 3. The fraction of sp³-hybridized carbons (Fsp3) is 0.342. The Morgan fingerprint density at radius 3 is 2.32 bits per heavy atom.